The third-order valence-corrected chi connectivity index (χ3v) is 0. The summed E-state index contributed by atoms with van der Waals surface area (Å²) in [6, 6.07) is 0. The maximum absolute atomic E-state index is 8.88. The van der Waals surface area contributed by atoms with Gasteiger partial charge in [0.25, 0.3) is 0 Å². The molecule has 0 unspecified atom stereocenters. The van der Waals surface area contributed by atoms with E-state index in [1.165, 1.54) is 0 Å². The maximum Gasteiger partial charge on any atom is 1.00 e. The summed E-state index contributed by atoms with van der Waals surface area (Å²) >= 11 is 0. The fourth-order valence-corrected chi connectivity index (χ4v) is 0. The molecular formula is H5KO4PRb. The van der Waals surface area contributed by atoms with Crippen molar-refractivity contribution in [2.24, 2.45) is 0 Å². The van der Waals surface area contributed by atoms with Gasteiger partial charge in [-0.3, -0.25) is 0 Å². The van der Waals surface area contributed by atoms with Gasteiger partial charge in [-0.15, -0.1) is 0 Å². The Morgan fingerprint density at radius 2 is 1.29 bits per heavy atom. The second-order valence-electron chi connectivity index (χ2n) is 0.513. The molecule has 0 aliphatic rings. The molecule has 7 heavy (non-hydrogen) atoms. The van der Waals surface area contributed by atoms with Crippen molar-refractivity contribution in [3.8, 4) is 0 Å². The smallest absolute Gasteiger partial charge is 1.00 e. The Bertz CT molecular complexity index is 64.7. The van der Waals surface area contributed by atoms with E-state index in [0.29, 0.717) is 0 Å². The van der Waals surface area contributed by atoms with Gasteiger partial charge in [0.15, 0.2) is 0 Å². The zero-order valence-corrected chi connectivity index (χ0v) is 13.1. The minimum atomic E-state index is -4.64. The molecule has 3 N–H and O–H groups in total. The van der Waals surface area contributed by atoms with Crippen LogP contribution in [0.25, 0.3) is 0 Å². The van der Waals surface area contributed by atoms with Gasteiger partial charge in [0, 0.05) is 0 Å². The monoisotopic (exact) mass is 224 g/mol. The third-order valence-electron chi connectivity index (χ3n) is 0. The second-order valence-corrected chi connectivity index (χ2v) is 1.54. The number of hydrogen-bond donors (Lipinski definition) is 3. The van der Waals surface area contributed by atoms with E-state index in [9.17, 15) is 0 Å². The molecule has 0 amide bonds. The van der Waals surface area contributed by atoms with E-state index < -0.39 is 7.82 Å². The van der Waals surface area contributed by atoms with Gasteiger partial charge in [-0.1, -0.05) is 0 Å². The van der Waals surface area contributed by atoms with Crippen LogP contribution in [0.4, 0.5) is 0 Å². The summed E-state index contributed by atoms with van der Waals surface area (Å²) in [6.07, 6.45) is 0. The van der Waals surface area contributed by atoms with Crippen LogP contribution < -0.4 is 110 Å². The summed E-state index contributed by atoms with van der Waals surface area (Å²) in [5, 5.41) is 0. The molecule has 0 atom stereocenters. The van der Waals surface area contributed by atoms with Crippen molar-refractivity contribution in [2.75, 3.05) is 0 Å². The normalized spacial score (nSPS) is 8.43. The van der Waals surface area contributed by atoms with Crippen LogP contribution >= 0.6 is 7.82 Å². The molecule has 0 saturated heterocycles. The van der Waals surface area contributed by atoms with Crippen LogP contribution in [-0.2, 0) is 4.57 Å². The molecule has 0 aliphatic carbocycles. The Morgan fingerprint density at radius 3 is 1.29 bits per heavy atom. The summed E-state index contributed by atoms with van der Waals surface area (Å²) < 4.78 is 8.88. The number of phosphoric acid groups is 1. The van der Waals surface area contributed by atoms with Crippen molar-refractivity contribution < 1.29 is 132 Å². The molecule has 0 bridgehead atoms. The van der Waals surface area contributed by atoms with E-state index in [-0.39, 0.29) is 112 Å². The Morgan fingerprint density at radius 1 is 1.29 bits per heavy atom. The molecule has 0 spiro atoms. The molecule has 0 heterocycles. The number of hydrogen-bond acceptors (Lipinski definition) is 1. The van der Waals surface area contributed by atoms with Crippen molar-refractivity contribution in [1.82, 2.24) is 0 Å². The van der Waals surface area contributed by atoms with Crippen LogP contribution in [0, 0.1) is 0 Å². The fourth-order valence-electron chi connectivity index (χ4n) is 0. The first-order valence-corrected chi connectivity index (χ1v) is 2.35. The molecule has 0 aliphatic heterocycles. The van der Waals surface area contributed by atoms with E-state index in [1.54, 1.807) is 0 Å². The molecule has 4 nitrogen and oxygen atoms in total. The molecule has 0 aromatic heterocycles. The zero-order chi connectivity index (χ0) is 4.50. The van der Waals surface area contributed by atoms with Gasteiger partial charge in [0.2, 0.25) is 0 Å². The SMILES string of the molecule is O=P(O)(O)O.[H-].[H-].[K+].[Rb+]. The summed E-state index contributed by atoms with van der Waals surface area (Å²) in [5.41, 5.74) is 0. The van der Waals surface area contributed by atoms with Crippen LogP contribution in [0.3, 0.4) is 0 Å². The second kappa shape index (κ2) is 7.66. The van der Waals surface area contributed by atoms with Gasteiger partial charge >= 0.3 is 117 Å². The van der Waals surface area contributed by atoms with E-state index in [1.807, 2.05) is 0 Å². The Kier molecular flexibility index (Phi) is 18.5. The van der Waals surface area contributed by atoms with E-state index in [2.05, 4.69) is 0 Å². The van der Waals surface area contributed by atoms with Gasteiger partial charge < -0.3 is 17.5 Å². The van der Waals surface area contributed by atoms with Crippen molar-refractivity contribution in [2.45, 2.75) is 0 Å². The molecule has 0 rings (SSSR count). The first-order chi connectivity index (χ1) is 2.00. The van der Waals surface area contributed by atoms with Crippen LogP contribution in [0.2, 0.25) is 0 Å². The molecule has 7 heteroatoms. The van der Waals surface area contributed by atoms with Crippen LogP contribution in [0.1, 0.15) is 2.85 Å². The van der Waals surface area contributed by atoms with Crippen LogP contribution in [0.5, 0.6) is 0 Å². The Balaban J connectivity index is -0.0000000133. The molecule has 0 saturated carbocycles. The minimum absolute atomic E-state index is 0. The summed E-state index contributed by atoms with van der Waals surface area (Å²) in [7, 11) is -4.64. The van der Waals surface area contributed by atoms with Gasteiger partial charge in [0.1, 0.15) is 0 Å². The maximum atomic E-state index is 8.88. The predicted octanol–water partition coefficient (Wildman–Crippen LogP) is -6.70. The predicted molar refractivity (Wildman–Crippen MR) is 16.5 cm³/mol. The quantitative estimate of drug-likeness (QED) is 0.282. The summed E-state index contributed by atoms with van der Waals surface area (Å²) in [5.74, 6) is 0. The van der Waals surface area contributed by atoms with Gasteiger partial charge in [-0.25, -0.2) is 4.57 Å². The van der Waals surface area contributed by atoms with Crippen molar-refractivity contribution in [1.29, 1.82) is 0 Å². The first kappa shape index (κ1) is 16.9. The van der Waals surface area contributed by atoms with Gasteiger partial charge in [0.05, 0.1) is 0 Å². The Hall–Kier alpha value is 3.55. The Labute approximate surface area is 135 Å². The molecule has 36 valence electrons. The zero-order valence-electron chi connectivity index (χ0n) is 6.20. The van der Waals surface area contributed by atoms with E-state index >= 15 is 0 Å². The average Bonchev–Trinajstić information content (AvgIpc) is 0.722. The fraction of sp³-hybridized carbons (Fsp3) is 0. The van der Waals surface area contributed by atoms with E-state index in [4.69, 9.17) is 19.2 Å². The largest absolute Gasteiger partial charge is 1.00 e. The van der Waals surface area contributed by atoms with Crippen molar-refractivity contribution in [3.05, 3.63) is 0 Å². The van der Waals surface area contributed by atoms with Crippen molar-refractivity contribution in [3.63, 3.8) is 0 Å². The summed E-state index contributed by atoms with van der Waals surface area (Å²) in [4.78, 5) is 21.6. The van der Waals surface area contributed by atoms with Crippen LogP contribution in [0.15, 0.2) is 0 Å². The molecule has 0 radical (unpaired) electrons. The number of rotatable bonds is 0. The molecular weight excluding hydrogens is 220 g/mol. The molecule has 0 aromatic rings. The molecule has 0 fully saturated rings. The minimum Gasteiger partial charge on any atom is -1.00 e. The first-order valence-electron chi connectivity index (χ1n) is 0.783. The molecule has 0 aromatic carbocycles. The standard InChI is InChI=1S/K.H3O4P.Rb.2H/c;1-5(2,3)4;;;/h;(H3,1,2,3,4);;;/q+1;;+1;2*-1. The van der Waals surface area contributed by atoms with Crippen LogP contribution in [-0.4, -0.2) is 14.7 Å². The topological polar surface area (TPSA) is 77.8 Å². The summed E-state index contributed by atoms with van der Waals surface area (Å²) in [6.45, 7) is 0. The third kappa shape index (κ3) is 43.2. The van der Waals surface area contributed by atoms with Gasteiger partial charge in [-0.2, -0.15) is 0 Å². The van der Waals surface area contributed by atoms with Crippen molar-refractivity contribution >= 4 is 7.82 Å². The average molecular weight is 225 g/mol. The van der Waals surface area contributed by atoms with E-state index in [0.717, 1.165) is 0 Å². The van der Waals surface area contributed by atoms with Gasteiger partial charge in [-0.05, 0) is 0 Å².